The molecule has 36 heavy (non-hydrogen) atoms. The normalized spacial score (nSPS) is 31.9. The molecule has 1 saturated heterocycles. The quantitative estimate of drug-likeness (QED) is 0.410. The van der Waals surface area contributed by atoms with Gasteiger partial charge in [-0.05, 0) is 61.4 Å². The SMILES string of the molecule is OCC1OC(C2C=Nc3c(nc(Cl)nc3NC3CCCC3OCc3ccc(F)cc3)CC2)C(O)C1O. The second kappa shape index (κ2) is 11.0. The first kappa shape index (κ1) is 25.4. The largest absolute Gasteiger partial charge is 0.394 e. The fourth-order valence-electron chi connectivity index (χ4n) is 5.21. The number of aromatic nitrogens is 2. The fraction of sp³-hybridized carbons (Fsp3) is 0.560. The highest BCUT2D eigenvalue weighted by molar-refractivity contribution is 6.28. The monoisotopic (exact) mass is 520 g/mol. The molecule has 2 aromatic rings. The van der Waals surface area contributed by atoms with Crippen molar-refractivity contribution in [3.8, 4) is 0 Å². The number of nitrogens with zero attached hydrogens (tertiary/aromatic N) is 3. The molecule has 11 heteroatoms. The van der Waals surface area contributed by atoms with Gasteiger partial charge >= 0.3 is 0 Å². The van der Waals surface area contributed by atoms with Crippen LogP contribution in [-0.2, 0) is 22.5 Å². The summed E-state index contributed by atoms with van der Waals surface area (Å²) in [5.41, 5.74) is 2.17. The molecule has 2 fully saturated rings. The molecule has 1 aromatic heterocycles. The van der Waals surface area contributed by atoms with Crippen molar-refractivity contribution < 1.29 is 29.2 Å². The van der Waals surface area contributed by atoms with E-state index in [1.54, 1.807) is 18.3 Å². The number of aliphatic imine (C=N–C) groups is 1. The van der Waals surface area contributed by atoms with E-state index < -0.39 is 24.4 Å². The lowest BCUT2D eigenvalue weighted by molar-refractivity contribution is -0.0326. The Bertz CT molecular complexity index is 1090. The zero-order valence-electron chi connectivity index (χ0n) is 19.6. The van der Waals surface area contributed by atoms with Crippen molar-refractivity contribution in [1.82, 2.24) is 9.97 Å². The number of aliphatic hydroxyl groups is 3. The van der Waals surface area contributed by atoms with Crippen LogP contribution in [0, 0.1) is 11.7 Å². The van der Waals surface area contributed by atoms with E-state index in [-0.39, 0.29) is 35.8 Å². The summed E-state index contributed by atoms with van der Waals surface area (Å²) in [6, 6.07) is 6.28. The van der Waals surface area contributed by atoms with Crippen molar-refractivity contribution in [3.05, 3.63) is 46.6 Å². The lowest BCUT2D eigenvalue weighted by atomic mass is 9.93. The van der Waals surface area contributed by atoms with Crippen LogP contribution in [0.4, 0.5) is 15.9 Å². The van der Waals surface area contributed by atoms with Gasteiger partial charge in [0.2, 0.25) is 5.28 Å². The summed E-state index contributed by atoms with van der Waals surface area (Å²) >= 11 is 6.25. The van der Waals surface area contributed by atoms with Gasteiger partial charge in [0.25, 0.3) is 0 Å². The topological polar surface area (TPSA) is 129 Å². The first-order valence-corrected chi connectivity index (χ1v) is 12.7. The summed E-state index contributed by atoms with van der Waals surface area (Å²) in [6.45, 7) is 0.00967. The molecule has 7 atom stereocenters. The average molecular weight is 521 g/mol. The Kier molecular flexibility index (Phi) is 7.80. The molecule has 1 aromatic carbocycles. The number of ether oxygens (including phenoxy) is 2. The molecule has 194 valence electrons. The van der Waals surface area contributed by atoms with Gasteiger partial charge in [0.1, 0.15) is 29.8 Å². The summed E-state index contributed by atoms with van der Waals surface area (Å²) in [7, 11) is 0. The summed E-state index contributed by atoms with van der Waals surface area (Å²) in [4.78, 5) is 13.4. The third-order valence-electron chi connectivity index (χ3n) is 7.19. The molecule has 1 saturated carbocycles. The smallest absolute Gasteiger partial charge is 0.224 e. The van der Waals surface area contributed by atoms with Gasteiger partial charge in [-0.2, -0.15) is 4.98 Å². The first-order chi connectivity index (χ1) is 17.4. The van der Waals surface area contributed by atoms with Crippen LogP contribution in [0.1, 0.15) is 36.9 Å². The Morgan fingerprint density at radius 3 is 2.67 bits per heavy atom. The minimum Gasteiger partial charge on any atom is -0.394 e. The van der Waals surface area contributed by atoms with Gasteiger partial charge in [0.15, 0.2) is 5.82 Å². The van der Waals surface area contributed by atoms with Crippen molar-refractivity contribution in [1.29, 1.82) is 0 Å². The van der Waals surface area contributed by atoms with Crippen molar-refractivity contribution in [2.24, 2.45) is 10.9 Å². The van der Waals surface area contributed by atoms with E-state index in [0.717, 1.165) is 24.8 Å². The van der Waals surface area contributed by atoms with E-state index in [9.17, 15) is 19.7 Å². The second-order valence-electron chi connectivity index (χ2n) is 9.58. The number of nitrogens with one attached hydrogen (secondary N) is 1. The third kappa shape index (κ3) is 5.39. The Morgan fingerprint density at radius 1 is 1.11 bits per heavy atom. The van der Waals surface area contributed by atoms with Crippen LogP contribution in [0.3, 0.4) is 0 Å². The summed E-state index contributed by atoms with van der Waals surface area (Å²) in [6.07, 6.45) is 1.72. The van der Waals surface area contributed by atoms with Crippen LogP contribution in [-0.4, -0.2) is 74.7 Å². The zero-order chi connectivity index (χ0) is 25.2. The minimum absolute atomic E-state index is 0.00443. The minimum atomic E-state index is -1.15. The first-order valence-electron chi connectivity index (χ1n) is 12.3. The number of anilines is 1. The second-order valence-corrected chi connectivity index (χ2v) is 9.92. The van der Waals surface area contributed by atoms with Gasteiger partial charge in [0.05, 0.1) is 37.2 Å². The molecule has 3 heterocycles. The molecule has 2 aliphatic heterocycles. The van der Waals surface area contributed by atoms with E-state index in [1.807, 2.05) is 0 Å². The number of benzene rings is 1. The average Bonchev–Trinajstić information content (AvgIpc) is 3.35. The van der Waals surface area contributed by atoms with E-state index in [2.05, 4.69) is 20.3 Å². The van der Waals surface area contributed by atoms with Crippen molar-refractivity contribution in [3.63, 3.8) is 0 Å². The lowest BCUT2D eigenvalue weighted by Crippen LogP contribution is -2.37. The number of hydrogen-bond donors (Lipinski definition) is 4. The molecule has 0 bridgehead atoms. The molecule has 7 unspecified atom stereocenters. The summed E-state index contributed by atoms with van der Waals surface area (Å²) in [5.74, 6) is -0.0441. The number of fused-ring (bicyclic) bond motifs is 1. The molecular weight excluding hydrogens is 491 g/mol. The zero-order valence-corrected chi connectivity index (χ0v) is 20.4. The third-order valence-corrected chi connectivity index (χ3v) is 7.36. The van der Waals surface area contributed by atoms with E-state index in [1.165, 1.54) is 12.1 Å². The van der Waals surface area contributed by atoms with Crippen LogP contribution in [0.25, 0.3) is 0 Å². The maximum atomic E-state index is 13.2. The van der Waals surface area contributed by atoms with E-state index in [0.29, 0.717) is 36.6 Å². The molecule has 0 spiro atoms. The molecule has 9 nitrogen and oxygen atoms in total. The van der Waals surface area contributed by atoms with Crippen LogP contribution >= 0.6 is 11.6 Å². The number of aryl methyl sites for hydroxylation is 1. The van der Waals surface area contributed by atoms with Gasteiger partial charge in [-0.25, -0.2) is 9.37 Å². The molecule has 1 aliphatic carbocycles. The van der Waals surface area contributed by atoms with Crippen molar-refractivity contribution in [2.45, 2.75) is 75.3 Å². The van der Waals surface area contributed by atoms with Gasteiger partial charge in [0, 0.05) is 12.1 Å². The van der Waals surface area contributed by atoms with Gasteiger partial charge in [-0.1, -0.05) is 12.1 Å². The summed E-state index contributed by atoms with van der Waals surface area (Å²) in [5, 5.41) is 33.6. The van der Waals surface area contributed by atoms with Gasteiger partial charge in [-0.15, -0.1) is 0 Å². The van der Waals surface area contributed by atoms with Crippen molar-refractivity contribution in [2.75, 3.05) is 11.9 Å². The fourth-order valence-corrected chi connectivity index (χ4v) is 5.40. The number of halogens is 2. The van der Waals surface area contributed by atoms with Crippen LogP contribution in [0.5, 0.6) is 0 Å². The van der Waals surface area contributed by atoms with E-state index >= 15 is 0 Å². The standard InChI is InChI=1S/C25H30ClFN4O5/c26-25-30-17-9-6-14(23-22(34)21(33)19(11-32)36-23)10-28-20(17)24(31-25)29-16-2-1-3-18(16)35-12-13-4-7-15(27)8-5-13/h4-5,7-8,10,14,16,18-19,21-23,32-34H,1-3,6,9,11-12H2,(H,29,30,31). The van der Waals surface area contributed by atoms with Gasteiger partial charge in [-0.3, -0.25) is 4.99 Å². The number of aliphatic hydroxyl groups excluding tert-OH is 3. The molecule has 0 amide bonds. The molecular formula is C25H30ClFN4O5. The van der Waals surface area contributed by atoms with Gasteiger partial charge < -0.3 is 30.1 Å². The molecule has 4 N–H and O–H groups in total. The highest BCUT2D eigenvalue weighted by Crippen LogP contribution is 2.37. The Labute approximate surface area is 213 Å². The molecule has 3 aliphatic rings. The Hall–Kier alpha value is -2.21. The maximum Gasteiger partial charge on any atom is 0.224 e. The maximum absolute atomic E-state index is 13.2. The summed E-state index contributed by atoms with van der Waals surface area (Å²) < 4.78 is 25.1. The predicted molar refractivity (Wildman–Crippen MR) is 131 cm³/mol. The van der Waals surface area contributed by atoms with Crippen LogP contribution < -0.4 is 5.32 Å². The predicted octanol–water partition coefficient (Wildman–Crippen LogP) is 2.57. The van der Waals surface area contributed by atoms with Crippen molar-refractivity contribution >= 4 is 29.3 Å². The highest BCUT2D eigenvalue weighted by Gasteiger charge is 2.45. The Morgan fingerprint density at radius 2 is 1.92 bits per heavy atom. The Balaban J connectivity index is 1.30. The molecule has 0 radical (unpaired) electrons. The number of rotatable bonds is 7. The number of hydrogen-bond acceptors (Lipinski definition) is 9. The highest BCUT2D eigenvalue weighted by atomic mass is 35.5. The lowest BCUT2D eigenvalue weighted by Gasteiger charge is -2.23. The molecule has 5 rings (SSSR count). The van der Waals surface area contributed by atoms with Crippen LogP contribution in [0.2, 0.25) is 5.28 Å². The van der Waals surface area contributed by atoms with Crippen LogP contribution in [0.15, 0.2) is 29.3 Å². The van der Waals surface area contributed by atoms with E-state index in [4.69, 9.17) is 21.1 Å².